The lowest BCUT2D eigenvalue weighted by Crippen LogP contribution is -2.25. The number of aromatic nitrogens is 1. The van der Waals surface area contributed by atoms with Gasteiger partial charge in [0.1, 0.15) is 0 Å². The fourth-order valence-electron chi connectivity index (χ4n) is 2.53. The summed E-state index contributed by atoms with van der Waals surface area (Å²) in [5, 5.41) is 15.0. The highest BCUT2D eigenvalue weighted by Crippen LogP contribution is 2.17. The van der Waals surface area contributed by atoms with Gasteiger partial charge in [0.15, 0.2) is 0 Å². The van der Waals surface area contributed by atoms with Crippen molar-refractivity contribution in [1.82, 2.24) is 10.3 Å². The zero-order chi connectivity index (χ0) is 18.2. The zero-order valence-corrected chi connectivity index (χ0v) is 14.1. The molecule has 1 aromatic heterocycles. The van der Waals surface area contributed by atoms with E-state index in [9.17, 15) is 4.79 Å². The first kappa shape index (κ1) is 17.2. The number of benzene rings is 2. The summed E-state index contributed by atoms with van der Waals surface area (Å²) in [6, 6.07) is 21.0. The lowest BCUT2D eigenvalue weighted by atomic mass is 10.1. The summed E-state index contributed by atoms with van der Waals surface area (Å²) in [7, 11) is 0. The molecule has 1 amide bonds. The van der Waals surface area contributed by atoms with E-state index in [1.165, 1.54) is 11.8 Å². The minimum Gasteiger partial charge on any atom is -0.354 e. The Hall–Kier alpha value is -3.65. The Balaban J connectivity index is 1.61. The molecule has 0 atom stereocenters. The fourth-order valence-corrected chi connectivity index (χ4v) is 2.53. The van der Waals surface area contributed by atoms with Crippen LogP contribution in [0.3, 0.4) is 0 Å². The maximum absolute atomic E-state index is 12.3. The molecule has 0 aliphatic heterocycles. The smallest absolute Gasteiger partial charge is 0.252 e. The molecule has 0 spiro atoms. The number of hydrogen-bond acceptors (Lipinski definition) is 4. The average Bonchev–Trinajstić information content (AvgIpc) is 2.69. The van der Waals surface area contributed by atoms with Gasteiger partial charge in [-0.1, -0.05) is 36.4 Å². The van der Waals surface area contributed by atoms with Crippen LogP contribution in [-0.4, -0.2) is 17.4 Å². The van der Waals surface area contributed by atoms with Gasteiger partial charge in [0.25, 0.3) is 5.91 Å². The van der Waals surface area contributed by atoms with Crippen molar-refractivity contribution >= 4 is 17.3 Å². The number of anilines is 2. The second-order valence-corrected chi connectivity index (χ2v) is 5.77. The van der Waals surface area contributed by atoms with Crippen LogP contribution in [0.2, 0.25) is 0 Å². The Morgan fingerprint density at radius 3 is 2.65 bits per heavy atom. The summed E-state index contributed by atoms with van der Waals surface area (Å²) in [6.45, 7) is 0.560. The van der Waals surface area contributed by atoms with Gasteiger partial charge < -0.3 is 10.6 Å². The molecule has 2 N–H and O–H groups in total. The first-order valence-corrected chi connectivity index (χ1v) is 8.29. The lowest BCUT2D eigenvalue weighted by Gasteiger charge is -2.09. The molecular formula is C21H18N4O. The van der Waals surface area contributed by atoms with Crippen LogP contribution in [0.4, 0.5) is 11.4 Å². The van der Waals surface area contributed by atoms with Crippen LogP contribution in [-0.2, 0) is 6.42 Å². The highest BCUT2D eigenvalue weighted by Gasteiger charge is 2.07. The number of carbonyl (C=O) groups is 1. The van der Waals surface area contributed by atoms with Gasteiger partial charge in [-0.05, 0) is 36.2 Å². The minimum absolute atomic E-state index is 0.164. The van der Waals surface area contributed by atoms with E-state index >= 15 is 0 Å². The molecule has 2 aromatic carbocycles. The Kier molecular flexibility index (Phi) is 5.58. The third-order valence-electron chi connectivity index (χ3n) is 3.82. The van der Waals surface area contributed by atoms with Gasteiger partial charge >= 0.3 is 0 Å². The largest absolute Gasteiger partial charge is 0.354 e. The zero-order valence-electron chi connectivity index (χ0n) is 14.1. The molecule has 0 aliphatic rings. The van der Waals surface area contributed by atoms with Crippen LogP contribution in [0.25, 0.3) is 0 Å². The van der Waals surface area contributed by atoms with Crippen LogP contribution in [0.5, 0.6) is 0 Å². The maximum atomic E-state index is 12.3. The van der Waals surface area contributed by atoms with Crippen LogP contribution in [0, 0.1) is 11.3 Å². The first-order valence-electron chi connectivity index (χ1n) is 8.29. The van der Waals surface area contributed by atoms with Crippen molar-refractivity contribution in [2.45, 2.75) is 6.42 Å². The Morgan fingerprint density at radius 2 is 1.85 bits per heavy atom. The second-order valence-electron chi connectivity index (χ2n) is 5.77. The molecule has 1 heterocycles. The van der Waals surface area contributed by atoms with Crippen molar-refractivity contribution in [3.8, 4) is 6.07 Å². The van der Waals surface area contributed by atoms with Crippen LogP contribution in [0.1, 0.15) is 21.5 Å². The molecule has 3 aromatic rings. The number of hydrogen-bond donors (Lipinski definition) is 2. The van der Waals surface area contributed by atoms with E-state index in [4.69, 9.17) is 5.26 Å². The number of rotatable bonds is 6. The molecule has 0 saturated carbocycles. The van der Waals surface area contributed by atoms with Gasteiger partial charge in [0.2, 0.25) is 0 Å². The summed E-state index contributed by atoms with van der Waals surface area (Å²) < 4.78 is 0. The number of amides is 1. The predicted molar refractivity (Wildman–Crippen MR) is 101 cm³/mol. The third kappa shape index (κ3) is 4.68. The quantitative estimate of drug-likeness (QED) is 0.716. The summed E-state index contributed by atoms with van der Waals surface area (Å²) in [5.41, 5.74) is 3.69. The molecule has 0 aliphatic carbocycles. The number of carbonyl (C=O) groups excluding carboxylic acids is 1. The number of nitrogens with zero attached hydrogens (tertiary/aromatic N) is 2. The topological polar surface area (TPSA) is 77.8 Å². The molecule has 0 bridgehead atoms. The lowest BCUT2D eigenvalue weighted by molar-refractivity contribution is 0.0954. The van der Waals surface area contributed by atoms with Crippen molar-refractivity contribution in [1.29, 1.82) is 5.26 Å². The summed E-state index contributed by atoms with van der Waals surface area (Å²) in [5.74, 6) is -0.164. The molecule has 26 heavy (non-hydrogen) atoms. The molecule has 3 rings (SSSR count). The molecule has 128 valence electrons. The SMILES string of the molecule is N#Cc1cccc(Nc2cncc(C(=O)NCCc3ccccc3)c2)c1. The van der Waals surface area contributed by atoms with Crippen LogP contribution < -0.4 is 10.6 Å². The van der Waals surface area contributed by atoms with Gasteiger partial charge in [0, 0.05) is 18.4 Å². The van der Waals surface area contributed by atoms with Gasteiger partial charge in [-0.3, -0.25) is 9.78 Å². The summed E-state index contributed by atoms with van der Waals surface area (Å²) in [6.07, 6.45) is 3.95. The highest BCUT2D eigenvalue weighted by molar-refractivity contribution is 5.94. The maximum Gasteiger partial charge on any atom is 0.252 e. The van der Waals surface area contributed by atoms with Crippen molar-refractivity contribution in [2.75, 3.05) is 11.9 Å². The minimum atomic E-state index is -0.164. The second kappa shape index (κ2) is 8.45. The molecule has 5 heteroatoms. The summed E-state index contributed by atoms with van der Waals surface area (Å²) >= 11 is 0. The number of nitriles is 1. The van der Waals surface area contributed by atoms with E-state index in [1.54, 1.807) is 30.5 Å². The molecular weight excluding hydrogens is 324 g/mol. The Labute approximate surface area is 152 Å². The van der Waals surface area contributed by atoms with Gasteiger partial charge in [-0.25, -0.2) is 0 Å². The van der Waals surface area contributed by atoms with Crippen molar-refractivity contribution in [2.24, 2.45) is 0 Å². The van der Waals surface area contributed by atoms with Gasteiger partial charge in [-0.2, -0.15) is 5.26 Å². The van der Waals surface area contributed by atoms with Crippen molar-refractivity contribution in [3.05, 3.63) is 89.7 Å². The molecule has 0 radical (unpaired) electrons. The molecule has 0 unspecified atom stereocenters. The standard InChI is InChI=1S/C21H18N4O/c22-13-17-7-4-8-19(11-17)25-20-12-18(14-23-15-20)21(26)24-10-9-16-5-2-1-3-6-16/h1-8,11-12,14-15,25H,9-10H2,(H,24,26). The van der Waals surface area contributed by atoms with E-state index < -0.39 is 0 Å². The number of pyridine rings is 1. The van der Waals surface area contributed by atoms with Gasteiger partial charge in [0.05, 0.1) is 29.1 Å². The van der Waals surface area contributed by atoms with Crippen molar-refractivity contribution in [3.63, 3.8) is 0 Å². The monoisotopic (exact) mass is 342 g/mol. The molecule has 0 saturated heterocycles. The highest BCUT2D eigenvalue weighted by atomic mass is 16.1. The van der Waals surface area contributed by atoms with E-state index in [-0.39, 0.29) is 5.91 Å². The Bertz CT molecular complexity index is 932. The molecule has 5 nitrogen and oxygen atoms in total. The van der Waals surface area contributed by atoms with E-state index in [0.29, 0.717) is 23.4 Å². The third-order valence-corrected chi connectivity index (χ3v) is 3.82. The van der Waals surface area contributed by atoms with E-state index in [1.807, 2.05) is 36.4 Å². The van der Waals surface area contributed by atoms with E-state index in [2.05, 4.69) is 21.7 Å². The normalized spacial score (nSPS) is 9.96. The predicted octanol–water partition coefficient (Wildman–Crippen LogP) is 3.67. The first-order chi connectivity index (χ1) is 12.7. The fraction of sp³-hybridized carbons (Fsp3) is 0.0952. The van der Waals surface area contributed by atoms with Crippen molar-refractivity contribution < 1.29 is 4.79 Å². The average molecular weight is 342 g/mol. The van der Waals surface area contributed by atoms with Crippen LogP contribution >= 0.6 is 0 Å². The van der Waals surface area contributed by atoms with Crippen LogP contribution in [0.15, 0.2) is 73.1 Å². The molecule has 0 fully saturated rings. The number of nitrogens with one attached hydrogen (secondary N) is 2. The van der Waals surface area contributed by atoms with E-state index in [0.717, 1.165) is 12.1 Å². The Morgan fingerprint density at radius 1 is 1.00 bits per heavy atom. The van der Waals surface area contributed by atoms with Gasteiger partial charge in [-0.15, -0.1) is 0 Å². The summed E-state index contributed by atoms with van der Waals surface area (Å²) in [4.78, 5) is 16.4.